The Balaban J connectivity index is 1.88. The lowest BCUT2D eigenvalue weighted by Crippen LogP contribution is -2.47. The minimum atomic E-state index is -4.18. The van der Waals surface area contributed by atoms with Crippen LogP contribution in [0, 0.1) is 5.92 Å². The molecule has 0 aromatic rings. The fraction of sp³-hybridized carbons (Fsp3) is 0.933. The number of likely N-dealkylation sites (tertiary alicyclic amines) is 2. The van der Waals surface area contributed by atoms with E-state index >= 15 is 0 Å². The molecule has 0 unspecified atom stereocenters. The van der Waals surface area contributed by atoms with Gasteiger partial charge >= 0.3 is 6.18 Å². The monoisotopic (exact) mass is 338 g/mol. The second-order valence-electron chi connectivity index (χ2n) is 6.36. The summed E-state index contributed by atoms with van der Waals surface area (Å²) >= 11 is 0. The summed E-state index contributed by atoms with van der Waals surface area (Å²) in [6.45, 7) is 0.721. The van der Waals surface area contributed by atoms with Gasteiger partial charge in [0.25, 0.3) is 0 Å². The molecule has 0 radical (unpaired) electrons. The second kappa shape index (κ2) is 7.81. The third kappa shape index (κ3) is 5.06. The Hall–Kier alpha value is -0.860. The van der Waals surface area contributed by atoms with Crippen LogP contribution in [0.4, 0.5) is 13.2 Å². The number of methoxy groups -OCH3 is 2. The Morgan fingerprint density at radius 3 is 2.39 bits per heavy atom. The van der Waals surface area contributed by atoms with Crippen LogP contribution in [-0.4, -0.2) is 81.0 Å². The number of carbonyl (C=O) groups excluding carboxylic acids is 1. The summed E-state index contributed by atoms with van der Waals surface area (Å²) in [7, 11) is 3.22. The number of piperidine rings is 1. The number of carbonyl (C=O) groups is 1. The average molecular weight is 338 g/mol. The average Bonchev–Trinajstić information content (AvgIpc) is 2.89. The first-order chi connectivity index (χ1) is 10.8. The topological polar surface area (TPSA) is 42.0 Å². The Morgan fingerprint density at radius 2 is 1.87 bits per heavy atom. The fourth-order valence-corrected chi connectivity index (χ4v) is 3.49. The number of rotatable bonds is 5. The number of nitrogens with zero attached hydrogens (tertiary/aromatic N) is 2. The number of amides is 1. The van der Waals surface area contributed by atoms with Crippen molar-refractivity contribution in [2.45, 2.75) is 37.6 Å². The van der Waals surface area contributed by atoms with E-state index in [1.165, 1.54) is 4.90 Å². The van der Waals surface area contributed by atoms with Crippen molar-refractivity contribution in [3.8, 4) is 0 Å². The highest BCUT2D eigenvalue weighted by Crippen LogP contribution is 2.28. The lowest BCUT2D eigenvalue weighted by Gasteiger charge is -2.34. The van der Waals surface area contributed by atoms with Crippen LogP contribution in [0.1, 0.15) is 19.3 Å². The third-order valence-corrected chi connectivity index (χ3v) is 4.69. The molecular formula is C15H25F3N2O3. The second-order valence-corrected chi connectivity index (χ2v) is 6.36. The van der Waals surface area contributed by atoms with Crippen LogP contribution in [0.25, 0.3) is 0 Å². The van der Waals surface area contributed by atoms with E-state index in [1.54, 1.807) is 19.1 Å². The number of alkyl halides is 3. The molecule has 0 bridgehead atoms. The molecule has 2 aliphatic rings. The van der Waals surface area contributed by atoms with Crippen molar-refractivity contribution in [2.75, 3.05) is 47.0 Å². The van der Waals surface area contributed by atoms with E-state index in [0.29, 0.717) is 39.1 Å². The largest absolute Gasteiger partial charge is 0.401 e. The highest BCUT2D eigenvalue weighted by Gasteiger charge is 2.40. The summed E-state index contributed by atoms with van der Waals surface area (Å²) in [4.78, 5) is 15.9. The zero-order chi connectivity index (χ0) is 17.0. The van der Waals surface area contributed by atoms with Gasteiger partial charge in [0.1, 0.15) is 0 Å². The van der Waals surface area contributed by atoms with Gasteiger partial charge in [-0.1, -0.05) is 0 Å². The predicted molar refractivity (Wildman–Crippen MR) is 78.0 cm³/mol. The van der Waals surface area contributed by atoms with Crippen LogP contribution in [0.3, 0.4) is 0 Å². The smallest absolute Gasteiger partial charge is 0.383 e. The van der Waals surface area contributed by atoms with E-state index < -0.39 is 12.7 Å². The number of hydrogen-bond acceptors (Lipinski definition) is 4. The van der Waals surface area contributed by atoms with Crippen LogP contribution in [0.15, 0.2) is 0 Å². The van der Waals surface area contributed by atoms with Crippen molar-refractivity contribution in [2.24, 2.45) is 5.92 Å². The molecule has 0 saturated carbocycles. The van der Waals surface area contributed by atoms with Crippen molar-refractivity contribution >= 4 is 5.91 Å². The van der Waals surface area contributed by atoms with Gasteiger partial charge in [-0.25, -0.2) is 0 Å². The Morgan fingerprint density at radius 1 is 1.22 bits per heavy atom. The zero-order valence-electron chi connectivity index (χ0n) is 13.6. The summed E-state index contributed by atoms with van der Waals surface area (Å²) in [5.41, 5.74) is 0. The number of halogens is 3. The Bertz CT molecular complexity index is 398. The molecule has 5 nitrogen and oxygen atoms in total. The number of ether oxygens (including phenoxy) is 2. The van der Waals surface area contributed by atoms with Crippen molar-refractivity contribution in [1.29, 1.82) is 0 Å². The van der Waals surface area contributed by atoms with E-state index in [2.05, 4.69) is 0 Å². The molecular weight excluding hydrogens is 313 g/mol. The lowest BCUT2D eigenvalue weighted by atomic mass is 9.95. The van der Waals surface area contributed by atoms with Gasteiger partial charge in [0, 0.05) is 26.7 Å². The SMILES string of the molecule is COC[C@@H]1C[C@H](OC)CN1C(=O)C1CCN(CC(F)(F)F)CC1. The molecule has 0 spiro atoms. The molecule has 134 valence electrons. The molecule has 0 aromatic heterocycles. The van der Waals surface area contributed by atoms with E-state index in [0.717, 1.165) is 6.42 Å². The van der Waals surface area contributed by atoms with Gasteiger partial charge in [-0.05, 0) is 32.4 Å². The van der Waals surface area contributed by atoms with E-state index in [4.69, 9.17) is 9.47 Å². The van der Waals surface area contributed by atoms with Crippen LogP contribution in [-0.2, 0) is 14.3 Å². The molecule has 2 rings (SSSR count). The van der Waals surface area contributed by atoms with Crippen molar-refractivity contribution in [1.82, 2.24) is 9.80 Å². The maximum atomic E-state index is 12.7. The standard InChI is InChI=1S/C15H25F3N2O3/c1-22-9-12-7-13(23-2)8-20(12)14(21)11-3-5-19(6-4-11)10-15(16,17)18/h11-13H,3-10H2,1-2H3/t12-,13-/m0/s1. The molecule has 2 atom stereocenters. The summed E-state index contributed by atoms with van der Waals surface area (Å²) in [6, 6.07) is -0.00865. The van der Waals surface area contributed by atoms with Crippen LogP contribution in [0.2, 0.25) is 0 Å². The van der Waals surface area contributed by atoms with E-state index in [-0.39, 0.29) is 24.0 Å². The Labute approximate surface area is 134 Å². The van der Waals surface area contributed by atoms with E-state index in [1.807, 2.05) is 0 Å². The third-order valence-electron chi connectivity index (χ3n) is 4.69. The van der Waals surface area contributed by atoms with Crippen molar-refractivity contribution in [3.05, 3.63) is 0 Å². The molecule has 2 heterocycles. The van der Waals surface area contributed by atoms with Crippen molar-refractivity contribution in [3.63, 3.8) is 0 Å². The van der Waals surface area contributed by atoms with Gasteiger partial charge in [0.2, 0.25) is 5.91 Å². The fourth-order valence-electron chi connectivity index (χ4n) is 3.49. The molecule has 0 aliphatic carbocycles. The highest BCUT2D eigenvalue weighted by molar-refractivity contribution is 5.79. The van der Waals surface area contributed by atoms with Crippen LogP contribution < -0.4 is 0 Å². The summed E-state index contributed by atoms with van der Waals surface area (Å²) in [5.74, 6) is -0.173. The minimum absolute atomic E-state index is 0.00409. The first-order valence-electron chi connectivity index (χ1n) is 7.95. The first-order valence-corrected chi connectivity index (χ1v) is 7.95. The van der Waals surface area contributed by atoms with Gasteiger partial charge in [-0.2, -0.15) is 13.2 Å². The molecule has 1 amide bonds. The summed E-state index contributed by atoms with van der Waals surface area (Å²) < 4.78 is 47.8. The maximum absolute atomic E-state index is 12.7. The normalized spacial score (nSPS) is 27.6. The van der Waals surface area contributed by atoms with Gasteiger partial charge in [0.15, 0.2) is 0 Å². The van der Waals surface area contributed by atoms with Gasteiger partial charge < -0.3 is 14.4 Å². The van der Waals surface area contributed by atoms with E-state index in [9.17, 15) is 18.0 Å². The molecule has 2 saturated heterocycles. The highest BCUT2D eigenvalue weighted by atomic mass is 19.4. The molecule has 0 N–H and O–H groups in total. The van der Waals surface area contributed by atoms with Crippen LogP contribution >= 0.6 is 0 Å². The predicted octanol–water partition coefficient (Wildman–Crippen LogP) is 1.52. The Kier molecular flexibility index (Phi) is 6.27. The lowest BCUT2D eigenvalue weighted by molar-refractivity contribution is -0.151. The zero-order valence-corrected chi connectivity index (χ0v) is 13.6. The van der Waals surface area contributed by atoms with Crippen LogP contribution in [0.5, 0.6) is 0 Å². The molecule has 2 aliphatic heterocycles. The minimum Gasteiger partial charge on any atom is -0.383 e. The molecule has 8 heteroatoms. The molecule has 0 aromatic carbocycles. The molecule has 2 fully saturated rings. The summed E-state index contributed by atoms with van der Waals surface area (Å²) in [5, 5.41) is 0. The first kappa shape index (κ1) is 18.5. The van der Waals surface area contributed by atoms with Gasteiger partial charge in [-0.15, -0.1) is 0 Å². The summed E-state index contributed by atoms with van der Waals surface area (Å²) in [6.07, 6.45) is -2.49. The molecule has 23 heavy (non-hydrogen) atoms. The quantitative estimate of drug-likeness (QED) is 0.762. The van der Waals surface area contributed by atoms with Gasteiger partial charge in [0.05, 0.1) is 25.3 Å². The van der Waals surface area contributed by atoms with Crippen molar-refractivity contribution < 1.29 is 27.4 Å². The maximum Gasteiger partial charge on any atom is 0.401 e. The van der Waals surface area contributed by atoms with Gasteiger partial charge in [-0.3, -0.25) is 9.69 Å². The number of hydrogen-bond donors (Lipinski definition) is 0.